The Morgan fingerprint density at radius 2 is 2.08 bits per heavy atom. The first-order valence-electron chi connectivity index (χ1n) is 7.51. The Bertz CT molecular complexity index is 827. The lowest BCUT2D eigenvalue weighted by Gasteiger charge is -2.07. The number of hydrogen-bond donors (Lipinski definition) is 0. The van der Waals surface area contributed by atoms with Gasteiger partial charge >= 0.3 is 6.18 Å². The van der Waals surface area contributed by atoms with Gasteiger partial charge in [-0.3, -0.25) is 9.67 Å². The summed E-state index contributed by atoms with van der Waals surface area (Å²) in [5.74, 6) is 0.334. The van der Waals surface area contributed by atoms with E-state index in [1.54, 1.807) is 11.6 Å². The molecule has 0 atom stereocenters. The summed E-state index contributed by atoms with van der Waals surface area (Å²) in [6.45, 7) is 6.42. The zero-order chi connectivity index (χ0) is 18.8. The number of allylic oxidation sites excluding steroid dienone is 1. The Kier molecular flexibility index (Phi) is 5.53. The number of aryl methyl sites for hydroxylation is 1. The van der Waals surface area contributed by atoms with E-state index in [2.05, 4.69) is 10.1 Å². The third kappa shape index (κ3) is 4.40. The molecule has 0 saturated heterocycles. The second-order valence-corrected chi connectivity index (χ2v) is 6.32. The molecule has 0 spiro atoms. The smallest absolute Gasteiger partial charge is 0.255 e. The molecule has 0 aliphatic heterocycles. The molecule has 0 aliphatic rings. The highest BCUT2D eigenvalue weighted by Crippen LogP contribution is 2.30. The molecule has 8 heteroatoms. The Balaban J connectivity index is 2.42. The molecule has 0 unspecified atom stereocenters. The van der Waals surface area contributed by atoms with Crippen molar-refractivity contribution >= 4 is 23.3 Å². The van der Waals surface area contributed by atoms with Crippen LogP contribution in [0, 0.1) is 24.2 Å². The third-order valence-electron chi connectivity index (χ3n) is 3.42. The first-order chi connectivity index (χ1) is 11.6. The van der Waals surface area contributed by atoms with E-state index in [4.69, 9.17) is 11.6 Å². The van der Waals surface area contributed by atoms with E-state index < -0.39 is 11.7 Å². The molecule has 0 radical (unpaired) electrons. The van der Waals surface area contributed by atoms with E-state index in [9.17, 15) is 18.4 Å². The molecule has 2 aromatic heterocycles. The number of alkyl halides is 3. The number of pyridine rings is 1. The molecular weight excluding hydrogens is 353 g/mol. The summed E-state index contributed by atoms with van der Waals surface area (Å²) in [6.07, 6.45) is -2.27. The van der Waals surface area contributed by atoms with E-state index in [0.717, 1.165) is 6.07 Å². The molecule has 0 N–H and O–H groups in total. The van der Waals surface area contributed by atoms with Crippen LogP contribution in [-0.2, 0) is 12.7 Å². The average molecular weight is 369 g/mol. The van der Waals surface area contributed by atoms with Gasteiger partial charge in [-0.1, -0.05) is 25.4 Å². The van der Waals surface area contributed by atoms with Crippen LogP contribution in [0.25, 0.3) is 11.6 Å². The van der Waals surface area contributed by atoms with Gasteiger partial charge < -0.3 is 0 Å². The van der Waals surface area contributed by atoms with Crippen LogP contribution in [0.15, 0.2) is 18.3 Å². The Labute approximate surface area is 148 Å². The first kappa shape index (κ1) is 19.0. The number of aromatic nitrogens is 3. The summed E-state index contributed by atoms with van der Waals surface area (Å²) < 4.78 is 39.5. The Hall–Kier alpha value is -2.33. The maximum atomic E-state index is 12.6. The van der Waals surface area contributed by atoms with Crippen molar-refractivity contribution in [1.29, 1.82) is 5.26 Å². The van der Waals surface area contributed by atoms with Crippen LogP contribution in [0.3, 0.4) is 0 Å². The van der Waals surface area contributed by atoms with Gasteiger partial charge in [-0.25, -0.2) is 0 Å². The minimum atomic E-state index is -4.47. The summed E-state index contributed by atoms with van der Waals surface area (Å²) in [4.78, 5) is 3.75. The molecule has 2 heterocycles. The van der Waals surface area contributed by atoms with Crippen molar-refractivity contribution in [2.24, 2.45) is 5.92 Å². The van der Waals surface area contributed by atoms with Crippen molar-refractivity contribution in [3.8, 4) is 6.07 Å². The minimum absolute atomic E-state index is 0.114. The standard InChI is InChI=1S/C17H16ClF3N4/c1-10(2)9-25-16(18)14(11(3)24-25)6-12(7-22)15-5-4-13(8-23-15)17(19,20)21/h4-6,8,10H,9H2,1-3H3/b12-6+. The lowest BCUT2D eigenvalue weighted by Crippen LogP contribution is -2.06. The van der Waals surface area contributed by atoms with Crippen LogP contribution in [-0.4, -0.2) is 14.8 Å². The maximum Gasteiger partial charge on any atom is 0.417 e. The van der Waals surface area contributed by atoms with Crippen molar-refractivity contribution in [2.75, 3.05) is 0 Å². The topological polar surface area (TPSA) is 54.5 Å². The van der Waals surface area contributed by atoms with E-state index in [1.165, 1.54) is 12.1 Å². The Morgan fingerprint density at radius 3 is 2.56 bits per heavy atom. The Morgan fingerprint density at radius 1 is 1.40 bits per heavy atom. The van der Waals surface area contributed by atoms with E-state index in [-0.39, 0.29) is 11.3 Å². The van der Waals surface area contributed by atoms with E-state index in [1.807, 2.05) is 19.9 Å². The summed E-state index contributed by atoms with van der Waals surface area (Å²) in [7, 11) is 0. The molecule has 0 amide bonds. The summed E-state index contributed by atoms with van der Waals surface area (Å²) in [6, 6.07) is 4.01. The third-order valence-corrected chi connectivity index (χ3v) is 3.82. The highest BCUT2D eigenvalue weighted by Gasteiger charge is 2.30. The minimum Gasteiger partial charge on any atom is -0.255 e. The average Bonchev–Trinajstić information content (AvgIpc) is 2.78. The number of hydrogen-bond acceptors (Lipinski definition) is 3. The monoisotopic (exact) mass is 368 g/mol. The highest BCUT2D eigenvalue weighted by molar-refractivity contribution is 6.31. The van der Waals surface area contributed by atoms with Crippen LogP contribution in [0.1, 0.15) is 36.4 Å². The van der Waals surface area contributed by atoms with Crippen molar-refractivity contribution in [3.63, 3.8) is 0 Å². The summed E-state index contributed by atoms with van der Waals surface area (Å²) in [5.41, 5.74) is 0.573. The van der Waals surface area contributed by atoms with Crippen LogP contribution in [0.4, 0.5) is 13.2 Å². The van der Waals surface area contributed by atoms with Gasteiger partial charge in [-0.15, -0.1) is 0 Å². The van der Waals surface area contributed by atoms with Gasteiger partial charge in [-0.05, 0) is 31.1 Å². The first-order valence-corrected chi connectivity index (χ1v) is 7.89. The van der Waals surface area contributed by atoms with Gasteiger partial charge in [0.15, 0.2) is 0 Å². The van der Waals surface area contributed by atoms with Crippen LogP contribution in [0.5, 0.6) is 0 Å². The lowest BCUT2D eigenvalue weighted by atomic mass is 10.1. The fourth-order valence-electron chi connectivity index (χ4n) is 2.23. The van der Waals surface area contributed by atoms with Gasteiger partial charge in [0.1, 0.15) is 11.2 Å². The fourth-order valence-corrected chi connectivity index (χ4v) is 2.52. The molecule has 0 fully saturated rings. The lowest BCUT2D eigenvalue weighted by molar-refractivity contribution is -0.137. The van der Waals surface area contributed by atoms with Gasteiger partial charge in [0.25, 0.3) is 0 Å². The van der Waals surface area contributed by atoms with Gasteiger partial charge in [0.2, 0.25) is 0 Å². The largest absolute Gasteiger partial charge is 0.417 e. The van der Waals surface area contributed by atoms with Gasteiger partial charge in [0.05, 0.1) is 22.5 Å². The number of nitriles is 1. The quantitative estimate of drug-likeness (QED) is 0.715. The zero-order valence-electron chi connectivity index (χ0n) is 13.9. The van der Waals surface area contributed by atoms with Crippen molar-refractivity contribution in [2.45, 2.75) is 33.5 Å². The SMILES string of the molecule is Cc1nn(CC(C)C)c(Cl)c1/C=C(\C#N)c1ccc(C(F)(F)F)cn1. The molecule has 0 aliphatic carbocycles. The van der Waals surface area contributed by atoms with Gasteiger partial charge in [-0.2, -0.15) is 23.5 Å². The molecule has 132 valence electrons. The van der Waals surface area contributed by atoms with Gasteiger partial charge in [0, 0.05) is 18.3 Å². The maximum absolute atomic E-state index is 12.6. The second kappa shape index (κ2) is 7.28. The van der Waals surface area contributed by atoms with Crippen molar-refractivity contribution in [3.05, 3.63) is 46.0 Å². The predicted molar refractivity (Wildman–Crippen MR) is 89.5 cm³/mol. The summed E-state index contributed by atoms with van der Waals surface area (Å²) in [5, 5.41) is 14.1. The predicted octanol–water partition coefficient (Wildman–Crippen LogP) is 4.98. The second-order valence-electron chi connectivity index (χ2n) is 5.97. The molecule has 25 heavy (non-hydrogen) atoms. The highest BCUT2D eigenvalue weighted by atomic mass is 35.5. The number of halogens is 4. The molecule has 2 rings (SSSR count). The molecular formula is C17H16ClF3N4. The number of nitrogens with zero attached hydrogens (tertiary/aromatic N) is 4. The summed E-state index contributed by atoms with van der Waals surface area (Å²) >= 11 is 6.32. The van der Waals surface area contributed by atoms with E-state index in [0.29, 0.717) is 35.1 Å². The van der Waals surface area contributed by atoms with Crippen LogP contribution >= 0.6 is 11.6 Å². The fraction of sp³-hybridized carbons (Fsp3) is 0.353. The molecule has 4 nitrogen and oxygen atoms in total. The number of rotatable bonds is 4. The zero-order valence-corrected chi connectivity index (χ0v) is 14.7. The van der Waals surface area contributed by atoms with Crippen LogP contribution < -0.4 is 0 Å². The molecule has 2 aromatic rings. The van der Waals surface area contributed by atoms with Crippen molar-refractivity contribution in [1.82, 2.24) is 14.8 Å². The normalized spacial score (nSPS) is 12.5. The molecule has 0 saturated carbocycles. The van der Waals surface area contributed by atoms with Crippen LogP contribution in [0.2, 0.25) is 5.15 Å². The van der Waals surface area contributed by atoms with E-state index >= 15 is 0 Å². The van der Waals surface area contributed by atoms with Crippen molar-refractivity contribution < 1.29 is 13.2 Å². The molecule has 0 aromatic carbocycles. The molecule has 0 bridgehead atoms.